The van der Waals surface area contributed by atoms with E-state index in [1.165, 1.54) is 18.2 Å². The lowest BCUT2D eigenvalue weighted by molar-refractivity contribution is -0.123. The molecule has 1 aromatic rings. The van der Waals surface area contributed by atoms with E-state index in [1.54, 1.807) is 6.07 Å². The lowest BCUT2D eigenvalue weighted by Crippen LogP contribution is -2.33. The van der Waals surface area contributed by atoms with Crippen LogP contribution >= 0.6 is 0 Å². The molecule has 0 aliphatic heterocycles. The second-order valence-electron chi connectivity index (χ2n) is 5.77. The minimum atomic E-state index is -1.00. The highest BCUT2D eigenvalue weighted by Crippen LogP contribution is 2.23. The van der Waals surface area contributed by atoms with Crippen LogP contribution in [0, 0.1) is 11.7 Å². The maximum atomic E-state index is 13.1. The van der Waals surface area contributed by atoms with Crippen molar-refractivity contribution in [1.29, 1.82) is 0 Å². The van der Waals surface area contributed by atoms with E-state index in [2.05, 4.69) is 5.32 Å². The Balaban J connectivity index is 1.76. The first-order valence-electron chi connectivity index (χ1n) is 7.43. The first-order chi connectivity index (χ1) is 10.0. The number of aliphatic hydroxyl groups excluding tert-OH is 2. The van der Waals surface area contributed by atoms with Gasteiger partial charge in [0, 0.05) is 6.54 Å². The summed E-state index contributed by atoms with van der Waals surface area (Å²) in [5, 5.41) is 22.3. The van der Waals surface area contributed by atoms with Crippen molar-refractivity contribution in [2.24, 2.45) is 5.92 Å². The molecule has 116 valence electrons. The zero-order valence-electron chi connectivity index (χ0n) is 12.0. The van der Waals surface area contributed by atoms with Gasteiger partial charge in [0.25, 0.3) is 0 Å². The minimum Gasteiger partial charge on any atom is -0.393 e. The van der Waals surface area contributed by atoms with Gasteiger partial charge in [0.1, 0.15) is 5.82 Å². The zero-order chi connectivity index (χ0) is 15.2. The van der Waals surface area contributed by atoms with Crippen LogP contribution in [0.2, 0.25) is 0 Å². The predicted molar refractivity (Wildman–Crippen MR) is 77.0 cm³/mol. The fraction of sp³-hybridized carbons (Fsp3) is 0.562. The van der Waals surface area contributed by atoms with Gasteiger partial charge in [-0.25, -0.2) is 4.39 Å². The molecule has 0 radical (unpaired) electrons. The number of hydrogen-bond acceptors (Lipinski definition) is 3. The van der Waals surface area contributed by atoms with Crippen molar-refractivity contribution in [3.8, 4) is 0 Å². The number of aliphatic hydroxyl groups is 2. The second kappa shape index (κ2) is 7.52. The number of amides is 1. The van der Waals surface area contributed by atoms with Crippen molar-refractivity contribution in [2.45, 2.75) is 44.3 Å². The third-order valence-corrected chi connectivity index (χ3v) is 3.96. The molecule has 1 aliphatic rings. The molecule has 1 aromatic carbocycles. The smallest absolute Gasteiger partial charge is 0.222 e. The van der Waals surface area contributed by atoms with Gasteiger partial charge in [-0.15, -0.1) is 0 Å². The summed E-state index contributed by atoms with van der Waals surface area (Å²) >= 11 is 0. The van der Waals surface area contributed by atoms with Gasteiger partial charge >= 0.3 is 0 Å². The largest absolute Gasteiger partial charge is 0.393 e. The number of halogens is 1. The van der Waals surface area contributed by atoms with Gasteiger partial charge in [-0.2, -0.15) is 0 Å². The van der Waals surface area contributed by atoms with Crippen LogP contribution in [-0.4, -0.2) is 28.8 Å². The molecule has 1 aliphatic carbocycles. The molecule has 0 saturated heterocycles. The van der Waals surface area contributed by atoms with Crippen LogP contribution in [0.3, 0.4) is 0 Å². The summed E-state index contributed by atoms with van der Waals surface area (Å²) in [5.41, 5.74) is 0.401. The van der Waals surface area contributed by atoms with Gasteiger partial charge < -0.3 is 15.5 Å². The molecule has 4 nitrogen and oxygen atoms in total. The molecule has 21 heavy (non-hydrogen) atoms. The van der Waals surface area contributed by atoms with Crippen molar-refractivity contribution in [1.82, 2.24) is 5.32 Å². The summed E-state index contributed by atoms with van der Waals surface area (Å²) in [4.78, 5) is 11.8. The van der Waals surface area contributed by atoms with Gasteiger partial charge in [0.05, 0.1) is 18.6 Å². The molecule has 0 bridgehead atoms. The third-order valence-electron chi connectivity index (χ3n) is 3.96. The standard InChI is InChI=1S/C16H22FNO3/c17-13-5-2-4-12(8-13)15(20)9-16(21)18-10-11-3-1-6-14(19)7-11/h2,4-5,8,11,14-15,19-20H,1,3,6-7,9-10H2,(H,18,21). The topological polar surface area (TPSA) is 69.6 Å². The van der Waals surface area contributed by atoms with Crippen LogP contribution in [0.25, 0.3) is 0 Å². The number of nitrogens with one attached hydrogen (secondary N) is 1. The van der Waals surface area contributed by atoms with Crippen LogP contribution in [0.5, 0.6) is 0 Å². The second-order valence-corrected chi connectivity index (χ2v) is 5.77. The number of rotatable bonds is 5. The summed E-state index contributed by atoms with van der Waals surface area (Å²) in [5.74, 6) is -0.390. The van der Waals surface area contributed by atoms with Gasteiger partial charge in [-0.1, -0.05) is 18.6 Å². The van der Waals surface area contributed by atoms with Crippen LogP contribution in [0.1, 0.15) is 43.8 Å². The molecule has 3 unspecified atom stereocenters. The Morgan fingerprint density at radius 1 is 1.43 bits per heavy atom. The Bertz CT molecular complexity index is 480. The van der Waals surface area contributed by atoms with E-state index >= 15 is 0 Å². The van der Waals surface area contributed by atoms with Crippen molar-refractivity contribution in [2.75, 3.05) is 6.54 Å². The maximum absolute atomic E-state index is 13.1. The maximum Gasteiger partial charge on any atom is 0.222 e. The molecule has 5 heteroatoms. The monoisotopic (exact) mass is 295 g/mol. The molecule has 1 fully saturated rings. The van der Waals surface area contributed by atoms with Gasteiger partial charge in [-0.3, -0.25) is 4.79 Å². The summed E-state index contributed by atoms with van der Waals surface area (Å²) < 4.78 is 13.1. The van der Waals surface area contributed by atoms with Crippen LogP contribution in [0.4, 0.5) is 4.39 Å². The average molecular weight is 295 g/mol. The van der Waals surface area contributed by atoms with Crippen LogP contribution in [-0.2, 0) is 4.79 Å². The minimum absolute atomic E-state index is 0.0846. The van der Waals surface area contributed by atoms with Crippen molar-refractivity contribution >= 4 is 5.91 Å². The van der Waals surface area contributed by atoms with E-state index in [-0.39, 0.29) is 18.4 Å². The molecule has 3 N–H and O–H groups in total. The molecule has 1 amide bonds. The summed E-state index contributed by atoms with van der Waals surface area (Å²) in [6, 6.07) is 5.63. The summed E-state index contributed by atoms with van der Waals surface area (Å²) in [7, 11) is 0. The Hall–Kier alpha value is -1.46. The molecule has 0 spiro atoms. The predicted octanol–water partition coefficient (Wildman–Crippen LogP) is 1.92. The number of carbonyl (C=O) groups is 1. The molecule has 2 rings (SSSR count). The highest BCUT2D eigenvalue weighted by Gasteiger charge is 2.21. The van der Waals surface area contributed by atoms with E-state index < -0.39 is 11.9 Å². The molecule has 0 aromatic heterocycles. The highest BCUT2D eigenvalue weighted by molar-refractivity contribution is 5.76. The first-order valence-corrected chi connectivity index (χ1v) is 7.43. The zero-order valence-corrected chi connectivity index (χ0v) is 12.0. The molecule has 3 atom stereocenters. The summed E-state index contributed by atoms with van der Waals surface area (Å²) in [6.07, 6.45) is 2.18. The fourth-order valence-electron chi connectivity index (χ4n) is 2.79. The number of benzene rings is 1. The van der Waals surface area contributed by atoms with Gasteiger partial charge in [0.2, 0.25) is 5.91 Å². The third kappa shape index (κ3) is 5.10. The molecule has 0 heterocycles. The summed E-state index contributed by atoms with van der Waals surface area (Å²) in [6.45, 7) is 0.520. The van der Waals surface area contributed by atoms with E-state index in [9.17, 15) is 19.4 Å². The SMILES string of the molecule is O=C(CC(O)c1cccc(F)c1)NCC1CCCC(O)C1. The Kier molecular flexibility index (Phi) is 5.70. The lowest BCUT2D eigenvalue weighted by atomic mass is 9.87. The number of hydrogen-bond donors (Lipinski definition) is 3. The molecular formula is C16H22FNO3. The van der Waals surface area contributed by atoms with Crippen LogP contribution < -0.4 is 5.32 Å². The Morgan fingerprint density at radius 3 is 2.95 bits per heavy atom. The van der Waals surface area contributed by atoms with Crippen molar-refractivity contribution < 1.29 is 19.4 Å². The lowest BCUT2D eigenvalue weighted by Gasteiger charge is -2.26. The van der Waals surface area contributed by atoms with E-state index in [0.717, 1.165) is 19.3 Å². The molecule has 1 saturated carbocycles. The van der Waals surface area contributed by atoms with Crippen molar-refractivity contribution in [3.63, 3.8) is 0 Å². The fourth-order valence-corrected chi connectivity index (χ4v) is 2.79. The Labute approximate surface area is 124 Å². The van der Waals surface area contributed by atoms with E-state index in [1.807, 2.05) is 0 Å². The first kappa shape index (κ1) is 15.9. The van der Waals surface area contributed by atoms with E-state index in [4.69, 9.17) is 0 Å². The normalized spacial score (nSPS) is 23.6. The Morgan fingerprint density at radius 2 is 2.24 bits per heavy atom. The average Bonchev–Trinajstić information content (AvgIpc) is 2.45. The van der Waals surface area contributed by atoms with E-state index in [0.29, 0.717) is 24.4 Å². The molecular weight excluding hydrogens is 273 g/mol. The number of carbonyl (C=O) groups excluding carboxylic acids is 1. The quantitative estimate of drug-likeness (QED) is 0.777. The van der Waals surface area contributed by atoms with Crippen LogP contribution in [0.15, 0.2) is 24.3 Å². The van der Waals surface area contributed by atoms with Gasteiger partial charge in [-0.05, 0) is 42.9 Å². The van der Waals surface area contributed by atoms with Crippen molar-refractivity contribution in [3.05, 3.63) is 35.6 Å². The van der Waals surface area contributed by atoms with Gasteiger partial charge in [0.15, 0.2) is 0 Å². The highest BCUT2D eigenvalue weighted by atomic mass is 19.1.